The highest BCUT2D eigenvalue weighted by Crippen LogP contribution is 2.26. The molecule has 1 aliphatic heterocycles. The third-order valence-corrected chi connectivity index (χ3v) is 3.91. The van der Waals surface area contributed by atoms with Crippen molar-refractivity contribution in [2.24, 2.45) is 4.99 Å². The van der Waals surface area contributed by atoms with Gasteiger partial charge in [-0.15, -0.1) is 5.10 Å². The summed E-state index contributed by atoms with van der Waals surface area (Å²) in [6.45, 7) is 5.45. The summed E-state index contributed by atoms with van der Waals surface area (Å²) < 4.78 is 5.13. The topological polar surface area (TPSA) is 92.4 Å². The Balaban J connectivity index is 2.17. The first kappa shape index (κ1) is 16.6. The van der Waals surface area contributed by atoms with Crippen molar-refractivity contribution in [3.05, 3.63) is 65.7 Å². The van der Waals surface area contributed by atoms with Crippen molar-refractivity contribution in [2.45, 2.75) is 26.4 Å². The van der Waals surface area contributed by atoms with Crippen LogP contribution in [0.15, 0.2) is 69.6 Å². The van der Waals surface area contributed by atoms with Crippen molar-refractivity contribution >= 4 is 17.6 Å². The van der Waals surface area contributed by atoms with Crippen LogP contribution in [0.2, 0.25) is 0 Å². The van der Waals surface area contributed by atoms with Crippen molar-refractivity contribution in [1.29, 1.82) is 0 Å². The molecule has 1 unspecified atom stereocenters. The molecule has 1 aromatic heterocycles. The molecule has 0 aliphatic carbocycles. The molecule has 0 saturated carbocycles. The number of nitrogens with zero attached hydrogens (tertiary/aromatic N) is 3. The Labute approximate surface area is 145 Å². The van der Waals surface area contributed by atoms with E-state index in [1.54, 1.807) is 6.92 Å². The molecule has 0 fully saturated rings. The molecule has 2 N–H and O–H groups in total. The number of allylic oxidation sites excluding steroid dienone is 3. The van der Waals surface area contributed by atoms with Gasteiger partial charge in [-0.2, -0.15) is 0 Å². The molecule has 0 bridgehead atoms. The van der Waals surface area contributed by atoms with Gasteiger partial charge >= 0.3 is 6.01 Å². The van der Waals surface area contributed by atoms with E-state index in [2.05, 4.69) is 20.8 Å². The molecular formula is C18H19N5O2. The Morgan fingerprint density at radius 3 is 2.56 bits per heavy atom. The fourth-order valence-corrected chi connectivity index (χ4v) is 2.63. The van der Waals surface area contributed by atoms with E-state index in [1.165, 1.54) is 6.39 Å². The number of amides is 1. The lowest BCUT2D eigenvalue weighted by Gasteiger charge is -2.23. The van der Waals surface area contributed by atoms with Gasteiger partial charge in [-0.25, -0.2) is 4.99 Å². The number of hydrogen-bond acceptors (Lipinski definition) is 6. The molecule has 128 valence electrons. The van der Waals surface area contributed by atoms with Crippen LogP contribution in [0.1, 0.15) is 26.3 Å². The number of aromatic nitrogens is 2. The van der Waals surface area contributed by atoms with Gasteiger partial charge in [-0.05, 0) is 20.8 Å². The second kappa shape index (κ2) is 6.72. The Bertz CT molecular complexity index is 853. The summed E-state index contributed by atoms with van der Waals surface area (Å²) in [5, 5.41) is 13.3. The van der Waals surface area contributed by atoms with Crippen LogP contribution in [-0.4, -0.2) is 27.5 Å². The lowest BCUT2D eigenvalue weighted by atomic mass is 9.99. The highest BCUT2D eigenvalue weighted by atomic mass is 16.4. The summed E-state index contributed by atoms with van der Waals surface area (Å²) in [4.78, 5) is 17.6. The molecule has 2 aromatic rings. The summed E-state index contributed by atoms with van der Waals surface area (Å²) in [6.07, 6.45) is 4.97. The van der Waals surface area contributed by atoms with Gasteiger partial charge in [-0.3, -0.25) is 4.79 Å². The van der Waals surface area contributed by atoms with Gasteiger partial charge in [0.2, 0.25) is 12.1 Å². The second-order valence-corrected chi connectivity index (χ2v) is 5.63. The summed E-state index contributed by atoms with van der Waals surface area (Å²) in [6, 6.07) is 9.84. The summed E-state index contributed by atoms with van der Waals surface area (Å²) in [7, 11) is 0. The molecule has 1 atom stereocenters. The van der Waals surface area contributed by atoms with Gasteiger partial charge in [0.15, 0.2) is 0 Å². The average Bonchev–Trinajstić information content (AvgIpc) is 3.10. The van der Waals surface area contributed by atoms with Crippen LogP contribution in [0.4, 0.5) is 6.01 Å². The predicted molar refractivity (Wildman–Crippen MR) is 95.0 cm³/mol. The minimum absolute atomic E-state index is 0.125. The van der Waals surface area contributed by atoms with Gasteiger partial charge in [0.05, 0.1) is 5.71 Å². The van der Waals surface area contributed by atoms with Crippen LogP contribution in [-0.2, 0) is 4.79 Å². The number of anilines is 1. The normalized spacial score (nSPS) is 24.0. The highest BCUT2D eigenvalue weighted by Gasteiger charge is 2.38. The first-order valence-electron chi connectivity index (χ1n) is 7.92. The van der Waals surface area contributed by atoms with Gasteiger partial charge < -0.3 is 15.1 Å². The lowest BCUT2D eigenvalue weighted by Crippen LogP contribution is -2.47. The van der Waals surface area contributed by atoms with E-state index < -0.39 is 5.66 Å². The van der Waals surface area contributed by atoms with Crippen LogP contribution >= 0.6 is 0 Å². The number of aliphatic imine (C=N–C) groups is 1. The molecular weight excluding hydrogens is 318 g/mol. The maximum atomic E-state index is 12.8. The van der Waals surface area contributed by atoms with Crippen LogP contribution in [0.5, 0.6) is 0 Å². The molecule has 25 heavy (non-hydrogen) atoms. The Morgan fingerprint density at radius 2 is 1.96 bits per heavy atom. The summed E-state index contributed by atoms with van der Waals surface area (Å²) in [5.74, 6) is -0.316. The number of hydrogen-bond donors (Lipinski definition) is 2. The van der Waals surface area contributed by atoms with Crippen molar-refractivity contribution in [1.82, 2.24) is 15.5 Å². The number of carbonyl (C=O) groups is 1. The number of benzene rings is 1. The molecule has 2 heterocycles. The molecule has 7 heteroatoms. The largest absolute Gasteiger partial charge is 0.411 e. The maximum absolute atomic E-state index is 12.8. The summed E-state index contributed by atoms with van der Waals surface area (Å²) in [5.41, 5.74) is 1.84. The number of nitrogens with one attached hydrogen (secondary N) is 2. The molecule has 0 spiro atoms. The van der Waals surface area contributed by atoms with Crippen molar-refractivity contribution in [2.75, 3.05) is 5.32 Å². The van der Waals surface area contributed by atoms with Crippen LogP contribution in [0, 0.1) is 0 Å². The quantitative estimate of drug-likeness (QED) is 0.898. The van der Waals surface area contributed by atoms with Crippen LogP contribution in [0.3, 0.4) is 0 Å². The van der Waals surface area contributed by atoms with Gasteiger partial charge in [0.25, 0.3) is 5.91 Å². The molecule has 7 nitrogen and oxygen atoms in total. The Kier molecular flexibility index (Phi) is 4.47. The predicted octanol–water partition coefficient (Wildman–Crippen LogP) is 2.67. The zero-order chi connectivity index (χ0) is 17.9. The smallest absolute Gasteiger partial charge is 0.317 e. The fourth-order valence-electron chi connectivity index (χ4n) is 2.63. The van der Waals surface area contributed by atoms with E-state index in [4.69, 9.17) is 9.41 Å². The zero-order valence-electron chi connectivity index (χ0n) is 14.3. The minimum Gasteiger partial charge on any atom is -0.411 e. The third-order valence-electron chi connectivity index (χ3n) is 3.91. The molecule has 0 radical (unpaired) electrons. The first-order valence-corrected chi connectivity index (χ1v) is 7.92. The average molecular weight is 337 g/mol. The maximum Gasteiger partial charge on any atom is 0.317 e. The standard InChI is InChI=1S/C18H19N5O2/c1-4-13-14(5-2)20-16(24)18(3,22-17-23-19-11-25-17)21-15(13)12-9-7-6-8-10-12/h4-11H,1-3H3,(H,20,24)(H,22,23)/b13-4+,14-5+. The van der Waals surface area contributed by atoms with Crippen LogP contribution in [0.25, 0.3) is 0 Å². The Morgan fingerprint density at radius 1 is 1.20 bits per heavy atom. The van der Waals surface area contributed by atoms with E-state index in [0.29, 0.717) is 11.4 Å². The van der Waals surface area contributed by atoms with Gasteiger partial charge in [0.1, 0.15) is 0 Å². The second-order valence-electron chi connectivity index (χ2n) is 5.63. The monoisotopic (exact) mass is 337 g/mol. The minimum atomic E-state index is -1.31. The lowest BCUT2D eigenvalue weighted by molar-refractivity contribution is -0.123. The summed E-state index contributed by atoms with van der Waals surface area (Å²) >= 11 is 0. The Hall–Kier alpha value is -3.22. The van der Waals surface area contributed by atoms with Gasteiger partial charge in [0, 0.05) is 16.8 Å². The SMILES string of the molecule is C/C=C1/NC(=O)C(C)(Nc2nnco2)N=C(c2ccccc2)/C1=C/C. The van der Waals surface area contributed by atoms with Crippen LogP contribution < -0.4 is 10.6 Å². The van der Waals surface area contributed by atoms with Gasteiger partial charge in [-0.1, -0.05) is 47.6 Å². The first-order chi connectivity index (χ1) is 12.1. The molecule has 3 rings (SSSR count). The molecule has 0 saturated heterocycles. The number of carbonyl (C=O) groups excluding carboxylic acids is 1. The zero-order valence-corrected chi connectivity index (χ0v) is 14.3. The van der Waals surface area contributed by atoms with E-state index in [-0.39, 0.29) is 11.9 Å². The molecule has 1 amide bonds. The molecule has 1 aromatic carbocycles. The third kappa shape index (κ3) is 3.21. The van der Waals surface area contributed by atoms with Crippen molar-refractivity contribution in [3.63, 3.8) is 0 Å². The number of rotatable bonds is 3. The van der Waals surface area contributed by atoms with E-state index >= 15 is 0 Å². The van der Waals surface area contributed by atoms with E-state index in [0.717, 1.165) is 11.1 Å². The highest BCUT2D eigenvalue weighted by molar-refractivity contribution is 6.18. The van der Waals surface area contributed by atoms with E-state index in [9.17, 15) is 4.79 Å². The fraction of sp³-hybridized carbons (Fsp3) is 0.222. The van der Waals surface area contributed by atoms with Crippen molar-refractivity contribution < 1.29 is 9.21 Å². The van der Waals surface area contributed by atoms with Crippen molar-refractivity contribution in [3.8, 4) is 0 Å². The van der Waals surface area contributed by atoms with E-state index in [1.807, 2.05) is 56.3 Å². The molecule has 1 aliphatic rings.